The van der Waals surface area contributed by atoms with Crippen molar-refractivity contribution in [2.24, 2.45) is 0 Å². The molecular weight excluding hydrogens is 424 g/mol. The van der Waals surface area contributed by atoms with Crippen LogP contribution in [0.2, 0.25) is 0 Å². The third-order valence-electron chi connectivity index (χ3n) is 6.28. The van der Waals surface area contributed by atoms with Crippen molar-refractivity contribution in [2.75, 3.05) is 7.11 Å². The van der Waals surface area contributed by atoms with E-state index >= 15 is 0 Å². The van der Waals surface area contributed by atoms with Gasteiger partial charge in [0.1, 0.15) is 11.5 Å². The number of ketones is 1. The lowest BCUT2D eigenvalue weighted by Crippen LogP contribution is -2.46. The van der Waals surface area contributed by atoms with Crippen LogP contribution in [0.3, 0.4) is 0 Å². The Hall–Kier alpha value is -3.74. The highest BCUT2D eigenvalue weighted by Crippen LogP contribution is 2.45. The van der Waals surface area contributed by atoms with E-state index in [4.69, 9.17) is 14.2 Å². The van der Waals surface area contributed by atoms with Crippen LogP contribution in [-0.4, -0.2) is 36.7 Å². The predicted octanol–water partition coefficient (Wildman–Crippen LogP) is 4.12. The van der Waals surface area contributed by atoms with E-state index in [-0.39, 0.29) is 24.4 Å². The van der Waals surface area contributed by atoms with E-state index in [0.717, 1.165) is 17.1 Å². The van der Waals surface area contributed by atoms with Gasteiger partial charge in [-0.15, -0.1) is 0 Å². The summed E-state index contributed by atoms with van der Waals surface area (Å²) in [6.45, 7) is 3.92. The van der Waals surface area contributed by atoms with Crippen LogP contribution in [0.15, 0.2) is 30.3 Å². The Morgan fingerprint density at radius 2 is 1.73 bits per heavy atom. The van der Waals surface area contributed by atoms with Crippen LogP contribution in [-0.2, 0) is 32.0 Å². The number of methoxy groups -OCH3 is 1. The van der Waals surface area contributed by atoms with Crippen molar-refractivity contribution in [1.82, 2.24) is 0 Å². The molecule has 1 atom stereocenters. The molecule has 0 spiro atoms. The van der Waals surface area contributed by atoms with Gasteiger partial charge < -0.3 is 14.2 Å². The summed E-state index contributed by atoms with van der Waals surface area (Å²) in [5.74, 6) is -0.515. The molecule has 170 valence electrons. The highest BCUT2D eigenvalue weighted by Gasteiger charge is 2.44. The van der Waals surface area contributed by atoms with Gasteiger partial charge in [0.05, 0.1) is 7.11 Å². The van der Waals surface area contributed by atoms with E-state index in [2.05, 4.69) is 0 Å². The molecule has 0 aliphatic heterocycles. The minimum Gasteiger partial charge on any atom is -0.496 e. The Bertz CT molecular complexity index is 1340. The number of hydrogen-bond acceptors (Lipinski definition) is 7. The lowest BCUT2D eigenvalue weighted by atomic mass is 9.75. The fourth-order valence-corrected chi connectivity index (χ4v) is 4.81. The maximum Gasteiger partial charge on any atom is 0.308 e. The summed E-state index contributed by atoms with van der Waals surface area (Å²) in [6.07, 6.45) is 1.36. The molecule has 1 aliphatic carbocycles. The minimum absolute atomic E-state index is 0.0145. The first-order valence-electron chi connectivity index (χ1n) is 10.6. The first-order valence-corrected chi connectivity index (χ1v) is 10.6. The van der Waals surface area contributed by atoms with Crippen LogP contribution in [0.4, 0.5) is 0 Å². The number of benzene rings is 3. The van der Waals surface area contributed by atoms with Gasteiger partial charge in [0, 0.05) is 42.2 Å². The van der Waals surface area contributed by atoms with Crippen molar-refractivity contribution >= 4 is 45.6 Å². The molecule has 0 N–H and O–H groups in total. The van der Waals surface area contributed by atoms with Crippen molar-refractivity contribution < 1.29 is 33.4 Å². The second-order valence-corrected chi connectivity index (χ2v) is 8.31. The molecule has 0 heterocycles. The van der Waals surface area contributed by atoms with E-state index in [1.54, 1.807) is 7.11 Å². The molecule has 1 unspecified atom stereocenters. The number of aldehydes is 1. The molecule has 7 nitrogen and oxygen atoms in total. The van der Waals surface area contributed by atoms with Gasteiger partial charge in [-0.05, 0) is 54.3 Å². The zero-order valence-corrected chi connectivity index (χ0v) is 18.9. The molecule has 7 heteroatoms. The van der Waals surface area contributed by atoms with Crippen molar-refractivity contribution in [1.29, 1.82) is 0 Å². The van der Waals surface area contributed by atoms with Gasteiger partial charge in [-0.2, -0.15) is 0 Å². The third-order valence-corrected chi connectivity index (χ3v) is 6.28. The summed E-state index contributed by atoms with van der Waals surface area (Å²) in [7, 11) is 1.57. The van der Waals surface area contributed by atoms with Gasteiger partial charge in [-0.25, -0.2) is 0 Å². The zero-order valence-electron chi connectivity index (χ0n) is 18.9. The molecule has 4 rings (SSSR count). The Morgan fingerprint density at radius 3 is 2.33 bits per heavy atom. The summed E-state index contributed by atoms with van der Waals surface area (Å²) in [4.78, 5) is 48.8. The van der Waals surface area contributed by atoms with Crippen molar-refractivity contribution in [2.45, 2.75) is 45.6 Å². The molecule has 1 aliphatic rings. The Morgan fingerprint density at radius 1 is 0.970 bits per heavy atom. The molecule has 0 amide bonds. The third kappa shape index (κ3) is 3.73. The molecule has 0 saturated carbocycles. The Kier molecular flexibility index (Phi) is 5.66. The van der Waals surface area contributed by atoms with E-state index in [1.807, 2.05) is 30.3 Å². The highest BCUT2D eigenvalue weighted by atomic mass is 16.6. The number of carbonyl (C=O) groups is 4. The maximum absolute atomic E-state index is 12.6. The Labute approximate surface area is 190 Å². The number of carbonyl (C=O) groups excluding carboxylic acids is 4. The lowest BCUT2D eigenvalue weighted by Gasteiger charge is -2.36. The van der Waals surface area contributed by atoms with Gasteiger partial charge in [0.25, 0.3) is 0 Å². The van der Waals surface area contributed by atoms with Crippen LogP contribution >= 0.6 is 0 Å². The van der Waals surface area contributed by atoms with Gasteiger partial charge in [0.2, 0.25) is 0 Å². The SMILES string of the molecule is COc1cccc2cc3c(C=O)c4c(c(OC(C)=O)c3cc12)CC(OC(C)=O)(C(C)=O)CC4. The molecule has 0 aromatic heterocycles. The normalized spacial score (nSPS) is 17.3. The van der Waals surface area contributed by atoms with Crippen molar-refractivity contribution in [3.8, 4) is 11.5 Å². The van der Waals surface area contributed by atoms with Gasteiger partial charge in [-0.3, -0.25) is 19.2 Å². The van der Waals surface area contributed by atoms with Crippen molar-refractivity contribution in [3.05, 3.63) is 47.0 Å². The summed E-state index contributed by atoms with van der Waals surface area (Å²) in [5, 5.41) is 2.84. The summed E-state index contributed by atoms with van der Waals surface area (Å²) >= 11 is 0. The quantitative estimate of drug-likeness (QED) is 0.251. The number of Topliss-reactive ketones (excluding diaryl/α,β-unsaturated/α-hetero) is 1. The Balaban J connectivity index is 2.10. The summed E-state index contributed by atoms with van der Waals surface area (Å²) in [6, 6.07) is 9.30. The van der Waals surface area contributed by atoms with Crippen LogP contribution < -0.4 is 9.47 Å². The monoisotopic (exact) mass is 448 g/mol. The molecule has 3 aromatic rings. The number of hydrogen-bond donors (Lipinski definition) is 0. The second-order valence-electron chi connectivity index (χ2n) is 8.31. The number of rotatable bonds is 5. The smallest absolute Gasteiger partial charge is 0.308 e. The summed E-state index contributed by atoms with van der Waals surface area (Å²) in [5.41, 5.74) is 0.313. The van der Waals surface area contributed by atoms with Crippen LogP contribution in [0.5, 0.6) is 11.5 Å². The fraction of sp³-hybridized carbons (Fsp3) is 0.308. The van der Waals surface area contributed by atoms with E-state index in [9.17, 15) is 19.2 Å². The lowest BCUT2D eigenvalue weighted by molar-refractivity contribution is -0.166. The van der Waals surface area contributed by atoms with Gasteiger partial charge in [0.15, 0.2) is 17.7 Å². The molecule has 0 fully saturated rings. The topological polar surface area (TPSA) is 96.0 Å². The fourth-order valence-electron chi connectivity index (χ4n) is 4.81. The number of ether oxygens (including phenoxy) is 3. The zero-order chi connectivity index (χ0) is 23.9. The first-order chi connectivity index (χ1) is 15.7. The number of fused-ring (bicyclic) bond motifs is 3. The summed E-state index contributed by atoms with van der Waals surface area (Å²) < 4.78 is 16.7. The molecular formula is C26H24O7. The van der Waals surface area contributed by atoms with E-state index in [0.29, 0.717) is 39.6 Å². The van der Waals surface area contributed by atoms with Crippen LogP contribution in [0.25, 0.3) is 21.5 Å². The molecule has 0 bridgehead atoms. The first kappa shape index (κ1) is 22.5. The number of esters is 2. The van der Waals surface area contributed by atoms with Gasteiger partial charge >= 0.3 is 11.9 Å². The molecule has 33 heavy (non-hydrogen) atoms. The molecule has 0 radical (unpaired) electrons. The molecule has 3 aromatic carbocycles. The van der Waals surface area contributed by atoms with E-state index in [1.165, 1.54) is 20.8 Å². The average Bonchev–Trinajstić information content (AvgIpc) is 2.77. The highest BCUT2D eigenvalue weighted by molar-refractivity contribution is 6.11. The molecule has 0 saturated heterocycles. The predicted molar refractivity (Wildman–Crippen MR) is 122 cm³/mol. The van der Waals surface area contributed by atoms with Crippen molar-refractivity contribution in [3.63, 3.8) is 0 Å². The second kappa shape index (κ2) is 8.31. The standard InChI is InChI=1S/C26H24O7/c1-14(28)26(33-16(3)30)9-8-18-22(12-26)25(32-15(2)29)21-11-19-17(6-5-7-24(19)31-4)10-20(21)23(18)13-27/h5-7,10-11,13H,8-9,12H2,1-4H3. The van der Waals surface area contributed by atoms with Crippen LogP contribution in [0.1, 0.15) is 48.7 Å². The van der Waals surface area contributed by atoms with E-state index < -0.39 is 17.5 Å². The minimum atomic E-state index is -1.38. The largest absolute Gasteiger partial charge is 0.496 e. The van der Waals surface area contributed by atoms with Crippen LogP contribution in [0, 0.1) is 0 Å². The maximum atomic E-state index is 12.6. The average molecular weight is 448 g/mol. The van der Waals surface area contributed by atoms with Gasteiger partial charge in [-0.1, -0.05) is 12.1 Å².